The lowest BCUT2D eigenvalue weighted by Crippen LogP contribution is -2.39. The molecule has 0 saturated heterocycles. The van der Waals surface area contributed by atoms with Gasteiger partial charge in [-0.2, -0.15) is 0 Å². The third-order valence-corrected chi connectivity index (χ3v) is 3.32. The van der Waals surface area contributed by atoms with Gasteiger partial charge in [0.2, 0.25) is 0 Å². The van der Waals surface area contributed by atoms with E-state index in [4.69, 9.17) is 0 Å². The predicted octanol–water partition coefficient (Wildman–Crippen LogP) is 2.90. The summed E-state index contributed by atoms with van der Waals surface area (Å²) in [5.41, 5.74) is -0.632. The highest BCUT2D eigenvalue weighted by Gasteiger charge is 2.41. The van der Waals surface area contributed by atoms with Gasteiger partial charge in [-0.15, -0.1) is 0 Å². The molecule has 0 N–H and O–H groups in total. The average Bonchev–Trinajstić information content (AvgIpc) is 2.15. The number of hydrogen-bond donors (Lipinski definition) is 0. The van der Waals surface area contributed by atoms with E-state index in [2.05, 4.69) is 6.92 Å². The molecular formula is C12H20O2. The first-order valence-corrected chi connectivity index (χ1v) is 5.68. The van der Waals surface area contributed by atoms with Crippen LogP contribution in [0.25, 0.3) is 0 Å². The summed E-state index contributed by atoms with van der Waals surface area (Å²) in [5, 5.41) is 0. The molecule has 80 valence electrons. The van der Waals surface area contributed by atoms with E-state index in [0.717, 1.165) is 32.1 Å². The van der Waals surface area contributed by atoms with Crippen molar-refractivity contribution in [1.82, 2.24) is 0 Å². The molecule has 0 radical (unpaired) electrons. The first-order valence-electron chi connectivity index (χ1n) is 5.68. The molecule has 0 amide bonds. The molecule has 0 aromatic rings. The maximum absolute atomic E-state index is 11.7. The van der Waals surface area contributed by atoms with Crippen LogP contribution in [-0.4, -0.2) is 11.6 Å². The highest BCUT2D eigenvalue weighted by atomic mass is 16.2. The van der Waals surface area contributed by atoms with E-state index < -0.39 is 5.41 Å². The molecule has 0 aromatic heterocycles. The summed E-state index contributed by atoms with van der Waals surface area (Å²) in [6, 6.07) is 0. The van der Waals surface area contributed by atoms with E-state index in [1.807, 2.05) is 6.92 Å². The van der Waals surface area contributed by atoms with Crippen LogP contribution in [0.1, 0.15) is 58.8 Å². The van der Waals surface area contributed by atoms with Crippen molar-refractivity contribution in [2.75, 3.05) is 0 Å². The number of unbranched alkanes of at least 4 members (excludes halogenated alkanes) is 2. The number of carbonyl (C=O) groups excluding carboxylic acids is 2. The maximum atomic E-state index is 11.7. The van der Waals surface area contributed by atoms with Gasteiger partial charge in [-0.1, -0.05) is 26.2 Å². The smallest absolute Gasteiger partial charge is 0.146 e. The Bertz CT molecular complexity index is 214. The molecule has 1 rings (SSSR count). The van der Waals surface area contributed by atoms with Crippen molar-refractivity contribution < 1.29 is 9.59 Å². The van der Waals surface area contributed by atoms with Gasteiger partial charge in [-0.25, -0.2) is 0 Å². The largest absolute Gasteiger partial charge is 0.299 e. The lowest BCUT2D eigenvalue weighted by atomic mass is 9.70. The van der Waals surface area contributed by atoms with E-state index in [1.165, 1.54) is 0 Å². The van der Waals surface area contributed by atoms with Crippen LogP contribution in [0.4, 0.5) is 0 Å². The van der Waals surface area contributed by atoms with E-state index in [0.29, 0.717) is 12.8 Å². The molecule has 0 spiro atoms. The number of hydrogen-bond acceptors (Lipinski definition) is 2. The molecule has 0 bridgehead atoms. The minimum absolute atomic E-state index is 0.171. The van der Waals surface area contributed by atoms with Gasteiger partial charge < -0.3 is 0 Å². The predicted molar refractivity (Wildman–Crippen MR) is 56.1 cm³/mol. The fraction of sp³-hybridized carbons (Fsp3) is 0.833. The van der Waals surface area contributed by atoms with Gasteiger partial charge in [-0.3, -0.25) is 9.59 Å². The number of rotatable bonds is 4. The zero-order valence-corrected chi connectivity index (χ0v) is 9.27. The molecule has 0 heterocycles. The topological polar surface area (TPSA) is 34.1 Å². The number of carbonyl (C=O) groups is 2. The van der Waals surface area contributed by atoms with Gasteiger partial charge in [0.15, 0.2) is 0 Å². The molecule has 1 aliphatic carbocycles. The highest BCUT2D eigenvalue weighted by Crippen LogP contribution is 2.34. The third kappa shape index (κ3) is 2.23. The summed E-state index contributed by atoms with van der Waals surface area (Å²) in [6.45, 7) is 3.97. The van der Waals surface area contributed by atoms with Gasteiger partial charge in [0.25, 0.3) is 0 Å². The van der Waals surface area contributed by atoms with Crippen molar-refractivity contribution in [3.63, 3.8) is 0 Å². The quantitative estimate of drug-likeness (QED) is 0.512. The van der Waals surface area contributed by atoms with E-state index in [-0.39, 0.29) is 11.6 Å². The second kappa shape index (κ2) is 4.72. The van der Waals surface area contributed by atoms with Crippen LogP contribution < -0.4 is 0 Å². The van der Waals surface area contributed by atoms with Crippen LogP contribution in [-0.2, 0) is 9.59 Å². The monoisotopic (exact) mass is 196 g/mol. The fourth-order valence-electron chi connectivity index (χ4n) is 2.12. The van der Waals surface area contributed by atoms with Crippen molar-refractivity contribution in [3.05, 3.63) is 0 Å². The molecule has 2 heteroatoms. The number of Topliss-reactive ketones (excluding diaryl/α,β-unsaturated/α-hetero) is 2. The van der Waals surface area contributed by atoms with E-state index in [9.17, 15) is 9.59 Å². The summed E-state index contributed by atoms with van der Waals surface area (Å²) >= 11 is 0. The highest BCUT2D eigenvalue weighted by molar-refractivity contribution is 6.08. The number of ketones is 2. The third-order valence-electron chi connectivity index (χ3n) is 3.32. The zero-order valence-electron chi connectivity index (χ0n) is 9.27. The molecule has 0 aliphatic heterocycles. The Kier molecular flexibility index (Phi) is 3.85. The average molecular weight is 196 g/mol. The van der Waals surface area contributed by atoms with Gasteiger partial charge in [-0.05, 0) is 19.8 Å². The fourth-order valence-corrected chi connectivity index (χ4v) is 2.12. The second-order valence-electron chi connectivity index (χ2n) is 4.49. The Labute approximate surface area is 86.1 Å². The molecule has 0 unspecified atom stereocenters. The SMILES string of the molecule is CCCCCC1(C)C(=O)CCCC1=O. The molecule has 14 heavy (non-hydrogen) atoms. The normalized spacial score (nSPS) is 21.3. The minimum atomic E-state index is -0.632. The van der Waals surface area contributed by atoms with Crippen LogP contribution >= 0.6 is 0 Å². The minimum Gasteiger partial charge on any atom is -0.299 e. The lowest BCUT2D eigenvalue weighted by molar-refractivity contribution is -0.143. The Morgan fingerprint density at radius 1 is 1.14 bits per heavy atom. The Balaban J connectivity index is 2.58. The van der Waals surface area contributed by atoms with Crippen LogP contribution in [0.15, 0.2) is 0 Å². The molecule has 1 aliphatic rings. The molecule has 1 fully saturated rings. The Morgan fingerprint density at radius 2 is 1.71 bits per heavy atom. The van der Waals surface area contributed by atoms with Gasteiger partial charge in [0.05, 0.1) is 5.41 Å². The summed E-state index contributed by atoms with van der Waals surface area (Å²) in [5.74, 6) is 0.342. The first-order chi connectivity index (χ1) is 6.61. The van der Waals surface area contributed by atoms with Crippen LogP contribution in [0, 0.1) is 5.41 Å². The van der Waals surface area contributed by atoms with Crippen molar-refractivity contribution in [2.24, 2.45) is 5.41 Å². The molecule has 2 nitrogen and oxygen atoms in total. The summed E-state index contributed by atoms with van der Waals surface area (Å²) in [6.07, 6.45) is 6.00. The van der Waals surface area contributed by atoms with Crippen molar-refractivity contribution >= 4 is 11.6 Å². The standard InChI is InChI=1S/C12H20O2/c1-3-4-5-9-12(2)10(13)7-6-8-11(12)14/h3-9H2,1-2H3. The molecular weight excluding hydrogens is 176 g/mol. The molecule has 0 atom stereocenters. The summed E-state index contributed by atoms with van der Waals surface area (Å²) in [7, 11) is 0. The zero-order chi connectivity index (χ0) is 10.6. The summed E-state index contributed by atoms with van der Waals surface area (Å²) in [4.78, 5) is 23.4. The van der Waals surface area contributed by atoms with Gasteiger partial charge >= 0.3 is 0 Å². The van der Waals surface area contributed by atoms with Gasteiger partial charge in [0, 0.05) is 12.8 Å². The van der Waals surface area contributed by atoms with Crippen molar-refractivity contribution in [3.8, 4) is 0 Å². The maximum Gasteiger partial charge on any atom is 0.146 e. The van der Waals surface area contributed by atoms with Crippen LogP contribution in [0.2, 0.25) is 0 Å². The summed E-state index contributed by atoms with van der Waals surface area (Å²) < 4.78 is 0. The van der Waals surface area contributed by atoms with E-state index >= 15 is 0 Å². The Hall–Kier alpha value is -0.660. The van der Waals surface area contributed by atoms with Gasteiger partial charge in [0.1, 0.15) is 11.6 Å². The van der Waals surface area contributed by atoms with Crippen LogP contribution in [0.5, 0.6) is 0 Å². The lowest BCUT2D eigenvalue weighted by Gasteiger charge is -2.30. The second-order valence-corrected chi connectivity index (χ2v) is 4.49. The van der Waals surface area contributed by atoms with Crippen LogP contribution in [0.3, 0.4) is 0 Å². The van der Waals surface area contributed by atoms with Crippen molar-refractivity contribution in [2.45, 2.75) is 58.8 Å². The van der Waals surface area contributed by atoms with Crippen molar-refractivity contribution in [1.29, 1.82) is 0 Å². The molecule has 0 aromatic carbocycles. The van der Waals surface area contributed by atoms with E-state index in [1.54, 1.807) is 0 Å². The Morgan fingerprint density at radius 3 is 2.21 bits per heavy atom. The molecule has 1 saturated carbocycles. The first kappa shape index (κ1) is 11.4.